The van der Waals surface area contributed by atoms with E-state index in [1.807, 2.05) is 0 Å². The molecule has 1 aliphatic heterocycles. The van der Waals surface area contributed by atoms with Crippen molar-refractivity contribution in [3.05, 3.63) is 47.8 Å². The van der Waals surface area contributed by atoms with Gasteiger partial charge in [0.25, 0.3) is 5.91 Å². The summed E-state index contributed by atoms with van der Waals surface area (Å²) < 4.78 is 23.7. The number of carbonyl (C=O) groups is 1. The van der Waals surface area contributed by atoms with Gasteiger partial charge in [0.2, 0.25) is 6.79 Å². The average Bonchev–Trinajstić information content (AvgIpc) is 2.89. The third kappa shape index (κ3) is 2.23. The number of amides is 1. The molecule has 2 aromatic carbocycles. The number of rotatable bonds is 2. The van der Waals surface area contributed by atoms with Gasteiger partial charge in [-0.25, -0.2) is 4.39 Å². The fraction of sp³-hybridized carbons (Fsp3) is 0.0714. The normalized spacial score (nSPS) is 12.2. The Bertz CT molecular complexity index is 688. The molecule has 0 saturated carbocycles. The van der Waals surface area contributed by atoms with Crippen LogP contribution < -0.4 is 20.5 Å². The van der Waals surface area contributed by atoms with Crippen molar-refractivity contribution in [2.24, 2.45) is 0 Å². The summed E-state index contributed by atoms with van der Waals surface area (Å²) in [5, 5.41) is 2.65. The molecule has 0 saturated heterocycles. The van der Waals surface area contributed by atoms with Crippen molar-refractivity contribution in [1.82, 2.24) is 0 Å². The Balaban J connectivity index is 1.80. The highest BCUT2D eigenvalue weighted by Gasteiger charge is 2.15. The van der Waals surface area contributed by atoms with Gasteiger partial charge < -0.3 is 20.5 Å². The molecule has 3 N–H and O–H groups in total. The number of halogens is 1. The topological polar surface area (TPSA) is 73.6 Å². The third-order valence-electron chi connectivity index (χ3n) is 2.89. The highest BCUT2D eigenvalue weighted by Crippen LogP contribution is 2.34. The lowest BCUT2D eigenvalue weighted by atomic mass is 10.2. The molecule has 0 bridgehead atoms. The Morgan fingerprint density at radius 2 is 1.95 bits per heavy atom. The SMILES string of the molecule is Nc1ccc(C(=O)Nc2ccc3c(c2)OCO3)cc1F. The second-order valence-electron chi connectivity index (χ2n) is 4.26. The number of benzene rings is 2. The Hall–Kier alpha value is -2.76. The maximum atomic E-state index is 13.3. The van der Waals surface area contributed by atoms with Crippen LogP contribution in [0.1, 0.15) is 10.4 Å². The summed E-state index contributed by atoms with van der Waals surface area (Å²) >= 11 is 0. The van der Waals surface area contributed by atoms with Crippen molar-refractivity contribution in [3.63, 3.8) is 0 Å². The standard InChI is InChI=1S/C14H11FN2O3/c15-10-5-8(1-3-11(10)16)14(18)17-9-2-4-12-13(6-9)20-7-19-12/h1-6H,7,16H2,(H,17,18). The van der Waals surface area contributed by atoms with Gasteiger partial charge in [-0.05, 0) is 30.3 Å². The van der Waals surface area contributed by atoms with Crippen LogP contribution in [0.4, 0.5) is 15.8 Å². The number of nitrogens with one attached hydrogen (secondary N) is 1. The van der Waals surface area contributed by atoms with E-state index in [1.54, 1.807) is 18.2 Å². The summed E-state index contributed by atoms with van der Waals surface area (Å²) in [4.78, 5) is 12.0. The fourth-order valence-corrected chi connectivity index (χ4v) is 1.85. The fourth-order valence-electron chi connectivity index (χ4n) is 1.85. The van der Waals surface area contributed by atoms with Crippen LogP contribution in [0.3, 0.4) is 0 Å². The van der Waals surface area contributed by atoms with Crippen molar-refractivity contribution in [1.29, 1.82) is 0 Å². The zero-order valence-corrected chi connectivity index (χ0v) is 10.4. The molecule has 20 heavy (non-hydrogen) atoms. The first-order valence-electron chi connectivity index (χ1n) is 5.89. The zero-order valence-electron chi connectivity index (χ0n) is 10.4. The molecule has 0 fully saturated rings. The molecule has 0 spiro atoms. The number of nitrogens with two attached hydrogens (primary N) is 1. The molecule has 1 amide bonds. The molecule has 0 aromatic heterocycles. The summed E-state index contributed by atoms with van der Waals surface area (Å²) in [6.07, 6.45) is 0. The van der Waals surface area contributed by atoms with Gasteiger partial charge in [-0.15, -0.1) is 0 Å². The van der Waals surface area contributed by atoms with E-state index >= 15 is 0 Å². The maximum absolute atomic E-state index is 13.3. The van der Waals surface area contributed by atoms with Crippen molar-refractivity contribution < 1.29 is 18.7 Å². The first-order chi connectivity index (χ1) is 9.63. The van der Waals surface area contributed by atoms with E-state index in [0.29, 0.717) is 17.2 Å². The molecule has 0 unspecified atom stereocenters. The van der Waals surface area contributed by atoms with E-state index in [1.165, 1.54) is 12.1 Å². The lowest BCUT2D eigenvalue weighted by Gasteiger charge is -2.07. The van der Waals surface area contributed by atoms with E-state index in [0.717, 1.165) is 6.07 Å². The third-order valence-corrected chi connectivity index (χ3v) is 2.89. The van der Waals surface area contributed by atoms with Crippen LogP contribution in [0.25, 0.3) is 0 Å². The molecule has 0 atom stereocenters. The summed E-state index contributed by atoms with van der Waals surface area (Å²) in [6.45, 7) is 0.163. The van der Waals surface area contributed by atoms with Crippen molar-refractivity contribution in [3.8, 4) is 11.5 Å². The Morgan fingerprint density at radius 1 is 1.15 bits per heavy atom. The van der Waals surface area contributed by atoms with Crippen molar-refractivity contribution in [2.75, 3.05) is 17.8 Å². The lowest BCUT2D eigenvalue weighted by Crippen LogP contribution is -2.12. The second-order valence-corrected chi connectivity index (χ2v) is 4.26. The summed E-state index contributed by atoms with van der Waals surface area (Å²) in [5.41, 5.74) is 6.10. The van der Waals surface area contributed by atoms with Crippen LogP contribution in [-0.4, -0.2) is 12.7 Å². The van der Waals surface area contributed by atoms with Crippen LogP contribution in [0.15, 0.2) is 36.4 Å². The van der Waals surface area contributed by atoms with E-state index in [2.05, 4.69) is 5.32 Å². The van der Waals surface area contributed by atoms with Crippen LogP contribution in [0.2, 0.25) is 0 Å². The van der Waals surface area contributed by atoms with E-state index < -0.39 is 11.7 Å². The molecule has 5 nitrogen and oxygen atoms in total. The minimum absolute atomic E-state index is 0.00429. The van der Waals surface area contributed by atoms with Gasteiger partial charge >= 0.3 is 0 Å². The van der Waals surface area contributed by atoms with E-state index in [9.17, 15) is 9.18 Å². The Morgan fingerprint density at radius 3 is 2.75 bits per heavy atom. The van der Waals surface area contributed by atoms with Gasteiger partial charge in [0.15, 0.2) is 11.5 Å². The number of hydrogen-bond acceptors (Lipinski definition) is 4. The predicted molar refractivity (Wildman–Crippen MR) is 71.3 cm³/mol. The number of anilines is 2. The van der Waals surface area contributed by atoms with Gasteiger partial charge in [-0.2, -0.15) is 0 Å². The molecular formula is C14H11FN2O3. The molecule has 0 radical (unpaired) electrons. The number of fused-ring (bicyclic) bond motifs is 1. The highest BCUT2D eigenvalue weighted by atomic mass is 19.1. The van der Waals surface area contributed by atoms with Gasteiger partial charge in [-0.3, -0.25) is 4.79 Å². The molecule has 0 aliphatic carbocycles. The van der Waals surface area contributed by atoms with Gasteiger partial charge in [0.05, 0.1) is 5.69 Å². The average molecular weight is 274 g/mol. The summed E-state index contributed by atoms with van der Waals surface area (Å²) in [6, 6.07) is 8.93. The number of nitrogen functional groups attached to an aromatic ring is 1. The Kier molecular flexibility index (Phi) is 2.90. The predicted octanol–water partition coefficient (Wildman–Crippen LogP) is 2.39. The highest BCUT2D eigenvalue weighted by molar-refractivity contribution is 6.04. The molecule has 1 heterocycles. The smallest absolute Gasteiger partial charge is 0.255 e. The van der Waals surface area contributed by atoms with Crippen LogP contribution in [-0.2, 0) is 0 Å². The molecule has 102 valence electrons. The number of carbonyl (C=O) groups excluding carboxylic acids is 1. The minimum atomic E-state index is -0.622. The molecule has 2 aromatic rings. The van der Waals surface area contributed by atoms with Crippen LogP contribution >= 0.6 is 0 Å². The zero-order chi connectivity index (χ0) is 14.1. The molecule has 3 rings (SSSR count). The van der Waals surface area contributed by atoms with Crippen molar-refractivity contribution in [2.45, 2.75) is 0 Å². The van der Waals surface area contributed by atoms with Crippen molar-refractivity contribution >= 4 is 17.3 Å². The minimum Gasteiger partial charge on any atom is -0.454 e. The number of ether oxygens (including phenoxy) is 2. The first-order valence-corrected chi connectivity index (χ1v) is 5.89. The van der Waals surface area contributed by atoms with Gasteiger partial charge in [-0.1, -0.05) is 0 Å². The maximum Gasteiger partial charge on any atom is 0.255 e. The van der Waals surface area contributed by atoms with Gasteiger partial charge in [0.1, 0.15) is 5.82 Å². The second kappa shape index (κ2) is 4.73. The van der Waals surface area contributed by atoms with Crippen LogP contribution in [0, 0.1) is 5.82 Å². The van der Waals surface area contributed by atoms with Crippen LogP contribution in [0.5, 0.6) is 11.5 Å². The molecule has 1 aliphatic rings. The first kappa shape index (κ1) is 12.3. The van der Waals surface area contributed by atoms with Gasteiger partial charge in [0, 0.05) is 17.3 Å². The van der Waals surface area contributed by atoms with E-state index in [-0.39, 0.29) is 18.0 Å². The number of hydrogen-bond donors (Lipinski definition) is 2. The molecule has 6 heteroatoms. The lowest BCUT2D eigenvalue weighted by molar-refractivity contribution is 0.102. The molecular weight excluding hydrogens is 263 g/mol. The summed E-state index contributed by atoms with van der Waals surface area (Å²) in [5.74, 6) is 0.138. The monoisotopic (exact) mass is 274 g/mol. The van der Waals surface area contributed by atoms with E-state index in [4.69, 9.17) is 15.2 Å². The largest absolute Gasteiger partial charge is 0.454 e. The summed E-state index contributed by atoms with van der Waals surface area (Å²) in [7, 11) is 0. The quantitative estimate of drug-likeness (QED) is 0.825. The Labute approximate surface area is 114 Å².